The van der Waals surface area contributed by atoms with E-state index < -0.39 is 35.6 Å². The largest absolute Gasteiger partial charge is 0.378 e. The van der Waals surface area contributed by atoms with Crippen LogP contribution in [0, 0.1) is 11.6 Å². The van der Waals surface area contributed by atoms with Gasteiger partial charge in [0.15, 0.2) is 17.7 Å². The number of halogens is 2. The Labute approximate surface area is 177 Å². The van der Waals surface area contributed by atoms with Gasteiger partial charge in [-0.15, -0.1) is 0 Å². The molecule has 9 heteroatoms. The van der Waals surface area contributed by atoms with E-state index in [0.717, 1.165) is 17.7 Å². The third-order valence-electron chi connectivity index (χ3n) is 4.48. The standard InChI is InChI=1S/C22H21F2N3O4/c1-2-6-17(25-22(30)20(28)14-9-15(23)11-16(24)10-14)21(29)26-19-12-18(31-27-19)13-7-4-3-5-8-13/h3-5,7-12,17,20,28H,2,6H2,1H3,(H,25,30)(H,26,27,29). The average Bonchev–Trinajstić information content (AvgIpc) is 3.21. The average molecular weight is 429 g/mol. The number of hydrogen-bond acceptors (Lipinski definition) is 5. The molecule has 0 fully saturated rings. The van der Waals surface area contributed by atoms with Gasteiger partial charge in [-0.1, -0.05) is 48.8 Å². The third-order valence-corrected chi connectivity index (χ3v) is 4.48. The van der Waals surface area contributed by atoms with Gasteiger partial charge in [0.1, 0.15) is 17.7 Å². The van der Waals surface area contributed by atoms with Crippen molar-refractivity contribution in [1.29, 1.82) is 0 Å². The molecule has 0 radical (unpaired) electrons. The van der Waals surface area contributed by atoms with E-state index in [1.165, 1.54) is 0 Å². The van der Waals surface area contributed by atoms with Gasteiger partial charge in [-0.05, 0) is 24.1 Å². The summed E-state index contributed by atoms with van der Waals surface area (Å²) in [6, 6.07) is 12.0. The lowest BCUT2D eigenvalue weighted by Crippen LogP contribution is -2.45. The molecule has 7 nitrogen and oxygen atoms in total. The van der Waals surface area contributed by atoms with Crippen LogP contribution in [0.3, 0.4) is 0 Å². The van der Waals surface area contributed by atoms with Gasteiger partial charge in [-0.3, -0.25) is 9.59 Å². The van der Waals surface area contributed by atoms with E-state index in [1.807, 2.05) is 37.3 Å². The first-order valence-electron chi connectivity index (χ1n) is 9.64. The first kappa shape index (κ1) is 22.1. The topological polar surface area (TPSA) is 104 Å². The third kappa shape index (κ3) is 5.73. The summed E-state index contributed by atoms with van der Waals surface area (Å²) < 4.78 is 32.0. The van der Waals surface area contributed by atoms with E-state index in [2.05, 4.69) is 15.8 Å². The van der Waals surface area contributed by atoms with Crippen LogP contribution in [0.1, 0.15) is 31.4 Å². The van der Waals surface area contributed by atoms with E-state index in [4.69, 9.17) is 4.52 Å². The van der Waals surface area contributed by atoms with Crippen molar-refractivity contribution in [2.24, 2.45) is 0 Å². The maximum Gasteiger partial charge on any atom is 0.254 e. The van der Waals surface area contributed by atoms with Crippen LogP contribution >= 0.6 is 0 Å². The number of hydrogen-bond donors (Lipinski definition) is 3. The van der Waals surface area contributed by atoms with E-state index >= 15 is 0 Å². The highest BCUT2D eigenvalue weighted by Gasteiger charge is 2.26. The van der Waals surface area contributed by atoms with Crippen LogP contribution in [0.5, 0.6) is 0 Å². The van der Waals surface area contributed by atoms with Gasteiger partial charge >= 0.3 is 0 Å². The van der Waals surface area contributed by atoms with Crippen LogP contribution in [-0.4, -0.2) is 28.1 Å². The zero-order valence-corrected chi connectivity index (χ0v) is 16.6. The number of aliphatic hydroxyl groups is 1. The Bertz CT molecular complexity index is 1040. The molecule has 0 saturated heterocycles. The number of carbonyl (C=O) groups is 2. The Morgan fingerprint density at radius 3 is 2.39 bits per heavy atom. The molecule has 3 N–H and O–H groups in total. The van der Waals surface area contributed by atoms with Crippen molar-refractivity contribution in [3.63, 3.8) is 0 Å². The number of nitrogens with one attached hydrogen (secondary N) is 2. The molecule has 2 amide bonds. The van der Waals surface area contributed by atoms with Crippen LogP contribution < -0.4 is 10.6 Å². The maximum atomic E-state index is 13.4. The highest BCUT2D eigenvalue weighted by molar-refractivity contribution is 5.97. The number of aliphatic hydroxyl groups excluding tert-OH is 1. The summed E-state index contributed by atoms with van der Waals surface area (Å²) in [6.45, 7) is 1.81. The number of nitrogens with zero attached hydrogens (tertiary/aromatic N) is 1. The second kappa shape index (κ2) is 9.94. The Hall–Kier alpha value is -3.59. The van der Waals surface area contributed by atoms with Crippen molar-refractivity contribution < 1.29 is 28.0 Å². The number of carbonyl (C=O) groups excluding carboxylic acids is 2. The molecule has 0 saturated carbocycles. The molecule has 2 atom stereocenters. The minimum absolute atomic E-state index is 0.159. The summed E-state index contributed by atoms with van der Waals surface area (Å²) in [5, 5.41) is 18.9. The highest BCUT2D eigenvalue weighted by Crippen LogP contribution is 2.22. The number of amides is 2. The van der Waals surface area contributed by atoms with Crippen molar-refractivity contribution in [1.82, 2.24) is 10.5 Å². The lowest BCUT2D eigenvalue weighted by molar-refractivity contribution is -0.133. The number of aromatic nitrogens is 1. The zero-order valence-electron chi connectivity index (χ0n) is 16.6. The summed E-state index contributed by atoms with van der Waals surface area (Å²) in [6.07, 6.45) is -1.02. The predicted octanol–water partition coefficient (Wildman–Crippen LogP) is 3.58. The molecule has 2 unspecified atom stereocenters. The monoisotopic (exact) mass is 429 g/mol. The van der Waals surface area contributed by atoms with E-state index in [0.29, 0.717) is 18.2 Å². The fraction of sp³-hybridized carbons (Fsp3) is 0.227. The van der Waals surface area contributed by atoms with Crippen LogP contribution in [0.25, 0.3) is 11.3 Å². The lowest BCUT2D eigenvalue weighted by atomic mass is 10.1. The molecular formula is C22H21F2N3O4. The molecule has 1 aromatic heterocycles. The first-order chi connectivity index (χ1) is 14.9. The Morgan fingerprint density at radius 1 is 1.06 bits per heavy atom. The van der Waals surface area contributed by atoms with Crippen LogP contribution in [0.2, 0.25) is 0 Å². The molecular weight excluding hydrogens is 408 g/mol. The van der Waals surface area contributed by atoms with Gasteiger partial charge < -0.3 is 20.3 Å². The predicted molar refractivity (Wildman–Crippen MR) is 109 cm³/mol. The van der Waals surface area contributed by atoms with Crippen molar-refractivity contribution in [2.45, 2.75) is 31.9 Å². The molecule has 1 heterocycles. The van der Waals surface area contributed by atoms with Crippen molar-refractivity contribution in [3.05, 3.63) is 71.8 Å². The van der Waals surface area contributed by atoms with Gasteiger partial charge in [0.05, 0.1) is 0 Å². The van der Waals surface area contributed by atoms with Crippen molar-refractivity contribution in [2.75, 3.05) is 5.32 Å². The maximum absolute atomic E-state index is 13.4. The molecule has 0 aliphatic heterocycles. The van der Waals surface area contributed by atoms with Crippen LogP contribution in [-0.2, 0) is 9.59 Å². The van der Waals surface area contributed by atoms with E-state index in [-0.39, 0.29) is 17.8 Å². The Balaban J connectivity index is 1.67. The molecule has 3 rings (SSSR count). The Kier molecular flexibility index (Phi) is 7.09. The van der Waals surface area contributed by atoms with E-state index in [9.17, 15) is 23.5 Å². The number of benzene rings is 2. The first-order valence-corrected chi connectivity index (χ1v) is 9.64. The summed E-state index contributed by atoms with van der Waals surface area (Å²) >= 11 is 0. The molecule has 0 aliphatic rings. The second-order valence-corrected chi connectivity index (χ2v) is 6.89. The van der Waals surface area contributed by atoms with Gasteiger partial charge in [-0.2, -0.15) is 0 Å². The normalized spacial score (nSPS) is 12.8. The van der Waals surface area contributed by atoms with E-state index in [1.54, 1.807) is 6.07 Å². The fourth-order valence-electron chi connectivity index (χ4n) is 2.98. The van der Waals surface area contributed by atoms with Gasteiger partial charge in [0.2, 0.25) is 5.91 Å². The van der Waals surface area contributed by atoms with Crippen LogP contribution in [0.15, 0.2) is 59.1 Å². The number of rotatable bonds is 8. The second-order valence-electron chi connectivity index (χ2n) is 6.89. The summed E-state index contributed by atoms with van der Waals surface area (Å²) in [4.78, 5) is 25.0. The molecule has 162 valence electrons. The molecule has 2 aromatic carbocycles. The molecule has 0 spiro atoms. The Morgan fingerprint density at radius 2 is 1.74 bits per heavy atom. The van der Waals surface area contributed by atoms with Gasteiger partial charge in [-0.25, -0.2) is 8.78 Å². The molecule has 0 aliphatic carbocycles. The molecule has 3 aromatic rings. The van der Waals surface area contributed by atoms with Crippen molar-refractivity contribution in [3.8, 4) is 11.3 Å². The lowest BCUT2D eigenvalue weighted by Gasteiger charge is -2.19. The minimum Gasteiger partial charge on any atom is -0.378 e. The SMILES string of the molecule is CCCC(NC(=O)C(O)c1cc(F)cc(F)c1)C(=O)Nc1cc(-c2ccccc2)on1. The van der Waals surface area contributed by atoms with Gasteiger partial charge in [0.25, 0.3) is 5.91 Å². The summed E-state index contributed by atoms with van der Waals surface area (Å²) in [5.41, 5.74) is 0.522. The minimum atomic E-state index is -1.84. The zero-order chi connectivity index (χ0) is 22.4. The van der Waals surface area contributed by atoms with Crippen LogP contribution in [0.4, 0.5) is 14.6 Å². The number of anilines is 1. The van der Waals surface area contributed by atoms with Gasteiger partial charge in [0, 0.05) is 17.7 Å². The smallest absolute Gasteiger partial charge is 0.254 e. The molecule has 0 bridgehead atoms. The fourth-order valence-corrected chi connectivity index (χ4v) is 2.98. The summed E-state index contributed by atoms with van der Waals surface area (Å²) in [5.74, 6) is -2.76. The highest BCUT2D eigenvalue weighted by atomic mass is 19.1. The summed E-state index contributed by atoms with van der Waals surface area (Å²) in [7, 11) is 0. The molecule has 31 heavy (non-hydrogen) atoms. The van der Waals surface area contributed by atoms with Crippen molar-refractivity contribution >= 4 is 17.6 Å². The quantitative estimate of drug-likeness (QED) is 0.508.